The fourth-order valence-electron chi connectivity index (χ4n) is 3.73. The number of carbonyl (C=O) groups excluding carboxylic acids is 2. The minimum absolute atomic E-state index is 0.0454. The Morgan fingerprint density at radius 2 is 1.53 bits per heavy atom. The van der Waals surface area contributed by atoms with E-state index >= 15 is 0 Å². The maximum absolute atomic E-state index is 13.6. The Balaban J connectivity index is 1.89. The van der Waals surface area contributed by atoms with Crippen molar-refractivity contribution in [2.45, 2.75) is 44.7 Å². The molecule has 0 unspecified atom stereocenters. The molecule has 1 N–H and O–H groups in total. The van der Waals surface area contributed by atoms with Gasteiger partial charge in [0.05, 0.1) is 5.75 Å². The van der Waals surface area contributed by atoms with Gasteiger partial charge in [0.15, 0.2) is 0 Å². The van der Waals surface area contributed by atoms with Crippen LogP contribution in [-0.2, 0) is 22.6 Å². The molecule has 34 heavy (non-hydrogen) atoms. The van der Waals surface area contributed by atoms with E-state index in [2.05, 4.69) is 25.2 Å². The van der Waals surface area contributed by atoms with Gasteiger partial charge in [-0.2, -0.15) is 0 Å². The molecular formula is C29H34N2O2S. The fraction of sp³-hybridized carbons (Fsp3) is 0.310. The first-order chi connectivity index (χ1) is 16.4. The second-order valence-electron chi connectivity index (χ2n) is 8.96. The maximum Gasteiger partial charge on any atom is 0.243 e. The van der Waals surface area contributed by atoms with Crippen molar-refractivity contribution in [1.82, 2.24) is 10.2 Å². The highest BCUT2D eigenvalue weighted by molar-refractivity contribution is 8.00. The average Bonchev–Trinajstić information content (AvgIpc) is 2.84. The van der Waals surface area contributed by atoms with Crippen molar-refractivity contribution in [3.63, 3.8) is 0 Å². The fourth-order valence-corrected chi connectivity index (χ4v) is 4.53. The lowest BCUT2D eigenvalue weighted by Crippen LogP contribution is -2.51. The number of hydrogen-bond donors (Lipinski definition) is 1. The third-order valence-corrected chi connectivity index (χ3v) is 6.49. The minimum atomic E-state index is -0.592. The van der Waals surface area contributed by atoms with Crippen molar-refractivity contribution in [2.24, 2.45) is 5.92 Å². The van der Waals surface area contributed by atoms with Crippen LogP contribution in [0, 0.1) is 12.8 Å². The van der Waals surface area contributed by atoms with Crippen LogP contribution >= 0.6 is 11.8 Å². The topological polar surface area (TPSA) is 49.4 Å². The number of nitrogens with zero attached hydrogens (tertiary/aromatic N) is 1. The van der Waals surface area contributed by atoms with Crippen molar-refractivity contribution in [3.8, 4) is 0 Å². The lowest BCUT2D eigenvalue weighted by molar-refractivity contribution is -0.139. The second-order valence-corrected chi connectivity index (χ2v) is 10.0. The summed E-state index contributed by atoms with van der Waals surface area (Å²) in [5, 5.41) is 3.07. The third-order valence-electron chi connectivity index (χ3n) is 5.50. The summed E-state index contributed by atoms with van der Waals surface area (Å²) < 4.78 is 0. The Morgan fingerprint density at radius 3 is 2.18 bits per heavy atom. The number of amides is 2. The smallest absolute Gasteiger partial charge is 0.243 e. The number of hydrogen-bond acceptors (Lipinski definition) is 3. The minimum Gasteiger partial charge on any atom is -0.354 e. The molecule has 0 heterocycles. The molecule has 0 saturated heterocycles. The van der Waals surface area contributed by atoms with Crippen molar-refractivity contribution in [1.29, 1.82) is 0 Å². The quantitative estimate of drug-likeness (QED) is 0.373. The first-order valence-electron chi connectivity index (χ1n) is 11.8. The molecule has 0 saturated carbocycles. The summed E-state index contributed by atoms with van der Waals surface area (Å²) in [6, 6.07) is 27.4. The van der Waals surface area contributed by atoms with Crippen molar-refractivity contribution in [2.75, 3.05) is 12.3 Å². The van der Waals surface area contributed by atoms with Crippen LogP contribution in [0.2, 0.25) is 0 Å². The SMILES string of the molecule is Cc1cccc(CN(C(=O)CSc2ccccc2)[C@H](Cc2ccccc2)C(=O)NCC(C)C)c1. The van der Waals surface area contributed by atoms with Gasteiger partial charge in [-0.15, -0.1) is 11.8 Å². The summed E-state index contributed by atoms with van der Waals surface area (Å²) in [6.07, 6.45) is 0.471. The van der Waals surface area contributed by atoms with Gasteiger partial charge >= 0.3 is 0 Å². The zero-order chi connectivity index (χ0) is 24.3. The van der Waals surface area contributed by atoms with E-state index in [1.165, 1.54) is 11.8 Å². The highest BCUT2D eigenvalue weighted by Gasteiger charge is 2.30. The van der Waals surface area contributed by atoms with Gasteiger partial charge in [-0.1, -0.05) is 92.2 Å². The first kappa shape index (κ1) is 25.6. The second kappa shape index (κ2) is 13.0. The third kappa shape index (κ3) is 8.07. The molecule has 3 aromatic carbocycles. The van der Waals surface area contributed by atoms with Crippen LogP contribution in [0.3, 0.4) is 0 Å². The number of benzene rings is 3. The first-order valence-corrected chi connectivity index (χ1v) is 12.8. The lowest BCUT2D eigenvalue weighted by atomic mass is 10.0. The van der Waals surface area contributed by atoms with E-state index in [9.17, 15) is 9.59 Å². The Kier molecular flexibility index (Phi) is 9.77. The Bertz CT molecular complexity index is 1050. The molecule has 0 aromatic heterocycles. The maximum atomic E-state index is 13.6. The molecule has 0 bridgehead atoms. The van der Waals surface area contributed by atoms with Crippen molar-refractivity contribution >= 4 is 23.6 Å². The van der Waals surface area contributed by atoms with Gasteiger partial charge in [0.25, 0.3) is 0 Å². The van der Waals surface area contributed by atoms with Crippen molar-refractivity contribution < 1.29 is 9.59 Å². The summed E-state index contributed by atoms with van der Waals surface area (Å²) >= 11 is 1.50. The van der Waals surface area contributed by atoms with Crippen molar-refractivity contribution in [3.05, 3.63) is 102 Å². The Labute approximate surface area is 207 Å². The molecule has 2 amide bonds. The van der Waals surface area contributed by atoms with Gasteiger partial charge in [-0.3, -0.25) is 9.59 Å². The normalized spacial score (nSPS) is 11.8. The van der Waals surface area contributed by atoms with Gasteiger partial charge in [0.2, 0.25) is 11.8 Å². The monoisotopic (exact) mass is 474 g/mol. The summed E-state index contributed by atoms with van der Waals surface area (Å²) in [5.74, 6) is 0.452. The largest absolute Gasteiger partial charge is 0.354 e. The molecule has 0 spiro atoms. The van der Waals surface area contributed by atoms with Crippen LogP contribution in [0.15, 0.2) is 89.8 Å². The van der Waals surface area contributed by atoms with Crippen LogP contribution < -0.4 is 5.32 Å². The molecule has 5 heteroatoms. The molecule has 0 radical (unpaired) electrons. The highest BCUT2D eigenvalue weighted by Crippen LogP contribution is 2.21. The molecule has 0 fully saturated rings. The molecular weight excluding hydrogens is 440 g/mol. The summed E-state index contributed by atoms with van der Waals surface area (Å²) in [6.45, 7) is 7.15. The molecule has 0 aliphatic carbocycles. The zero-order valence-corrected chi connectivity index (χ0v) is 21.1. The van der Waals surface area contributed by atoms with E-state index in [0.29, 0.717) is 25.4 Å². The summed E-state index contributed by atoms with van der Waals surface area (Å²) in [4.78, 5) is 29.8. The number of rotatable bonds is 11. The molecule has 4 nitrogen and oxygen atoms in total. The van der Waals surface area contributed by atoms with E-state index in [-0.39, 0.29) is 17.6 Å². The molecule has 3 rings (SSSR count). The number of aryl methyl sites for hydroxylation is 1. The lowest BCUT2D eigenvalue weighted by Gasteiger charge is -2.32. The van der Waals surface area contributed by atoms with Crippen LogP contribution in [0.25, 0.3) is 0 Å². The molecule has 1 atom stereocenters. The van der Waals surface area contributed by atoms with Gasteiger partial charge in [-0.05, 0) is 36.1 Å². The molecule has 0 aliphatic rings. The van der Waals surface area contributed by atoms with Crippen LogP contribution in [0.4, 0.5) is 0 Å². The zero-order valence-electron chi connectivity index (χ0n) is 20.2. The van der Waals surface area contributed by atoms with E-state index in [1.54, 1.807) is 4.90 Å². The number of thioether (sulfide) groups is 1. The van der Waals surface area contributed by atoms with E-state index in [4.69, 9.17) is 0 Å². The standard InChI is InChI=1S/C29H34N2O2S/c1-22(2)19-30-29(33)27(18-24-12-6-4-7-13-24)31(20-25-14-10-11-23(3)17-25)28(32)21-34-26-15-8-5-9-16-26/h4-17,22,27H,18-21H2,1-3H3,(H,30,33)/t27-/m1/s1. The number of nitrogens with one attached hydrogen (secondary N) is 1. The predicted molar refractivity (Wildman–Crippen MR) is 141 cm³/mol. The summed E-state index contributed by atoms with van der Waals surface area (Å²) in [5.41, 5.74) is 3.19. The van der Waals surface area contributed by atoms with Gasteiger partial charge in [0.1, 0.15) is 6.04 Å². The Hall–Kier alpha value is -3.05. The van der Waals surface area contributed by atoms with Gasteiger partial charge in [-0.25, -0.2) is 0 Å². The van der Waals surface area contributed by atoms with E-state index in [0.717, 1.165) is 21.6 Å². The van der Waals surface area contributed by atoms with Crippen LogP contribution in [0.1, 0.15) is 30.5 Å². The Morgan fingerprint density at radius 1 is 0.882 bits per heavy atom. The van der Waals surface area contributed by atoms with E-state index < -0.39 is 6.04 Å². The van der Waals surface area contributed by atoms with Gasteiger partial charge in [0, 0.05) is 24.4 Å². The predicted octanol–water partition coefficient (Wildman–Crippen LogP) is 5.50. The highest BCUT2D eigenvalue weighted by atomic mass is 32.2. The molecule has 178 valence electrons. The van der Waals surface area contributed by atoms with Crippen LogP contribution in [0.5, 0.6) is 0 Å². The average molecular weight is 475 g/mol. The number of carbonyl (C=O) groups is 2. The van der Waals surface area contributed by atoms with Gasteiger partial charge < -0.3 is 10.2 Å². The van der Waals surface area contributed by atoms with E-state index in [1.807, 2.05) is 85.8 Å². The summed E-state index contributed by atoms with van der Waals surface area (Å²) in [7, 11) is 0. The molecule has 0 aliphatic heterocycles. The molecule has 3 aromatic rings. The van der Waals surface area contributed by atoms with Crippen LogP contribution in [-0.4, -0.2) is 35.1 Å².